The largest absolute Gasteiger partial charge is 0.0976 e. The third-order valence-corrected chi connectivity index (χ3v) is 4.78. The van der Waals surface area contributed by atoms with Crippen LogP contribution in [0.25, 0.3) is 0 Å². The van der Waals surface area contributed by atoms with Gasteiger partial charge in [0.2, 0.25) is 0 Å². The van der Waals surface area contributed by atoms with Crippen LogP contribution < -0.4 is 0 Å². The van der Waals surface area contributed by atoms with Gasteiger partial charge in [-0.25, -0.2) is 0 Å². The molecule has 0 amide bonds. The van der Waals surface area contributed by atoms with Crippen molar-refractivity contribution in [2.24, 2.45) is 0 Å². The van der Waals surface area contributed by atoms with Crippen LogP contribution in [0.15, 0.2) is 70.1 Å². The molecule has 0 unspecified atom stereocenters. The van der Waals surface area contributed by atoms with Crippen LogP contribution in [0, 0.1) is 0 Å². The van der Waals surface area contributed by atoms with Crippen LogP contribution in [-0.2, 0) is 0 Å². The zero-order valence-electron chi connectivity index (χ0n) is 9.16. The van der Waals surface area contributed by atoms with Crippen molar-refractivity contribution in [3.8, 4) is 0 Å². The van der Waals surface area contributed by atoms with E-state index in [0.29, 0.717) is 15.8 Å². The first-order valence-corrected chi connectivity index (χ1v) is 7.93. The summed E-state index contributed by atoms with van der Waals surface area (Å²) < 4.78 is 0. The molecule has 1 aromatic carbocycles. The number of allylic oxidation sites excluding steroid dienone is 3. The summed E-state index contributed by atoms with van der Waals surface area (Å²) in [5, 5.41) is 1.03. The fourth-order valence-electron chi connectivity index (χ4n) is 1.03. The van der Waals surface area contributed by atoms with Crippen LogP contribution >= 0.6 is 44.8 Å². The number of hydrogen-bond donors (Lipinski definition) is 0. The lowest BCUT2D eigenvalue weighted by molar-refractivity contribution is 1.48. The molecular weight excluding hydrogens is 291 g/mol. The Hall–Kier alpha value is -0.280. The topological polar surface area (TPSA) is 0 Å². The van der Waals surface area contributed by atoms with Crippen LogP contribution in [-0.4, -0.2) is 5.75 Å². The minimum Gasteiger partial charge on any atom is -0.0976 e. The Kier molecular flexibility index (Phi) is 6.90. The first kappa shape index (κ1) is 14.8. The van der Waals surface area contributed by atoms with Gasteiger partial charge in [-0.3, -0.25) is 0 Å². The molecule has 0 aliphatic carbocycles. The molecule has 4 heteroatoms. The molecule has 0 aliphatic rings. The van der Waals surface area contributed by atoms with Crippen molar-refractivity contribution in [1.82, 2.24) is 0 Å². The SMILES string of the molecule is C=C/C(Cl)=C(/CSSc1ccccc1)C(=C)Cl. The third kappa shape index (κ3) is 5.26. The van der Waals surface area contributed by atoms with Gasteiger partial charge in [-0.2, -0.15) is 0 Å². The smallest absolute Gasteiger partial charge is 0.0455 e. The number of benzene rings is 1. The lowest BCUT2D eigenvalue weighted by atomic mass is 10.3. The lowest BCUT2D eigenvalue weighted by Crippen LogP contribution is -1.88. The molecular formula is C13H12Cl2S2. The molecule has 0 spiro atoms. The maximum absolute atomic E-state index is 6.00. The minimum absolute atomic E-state index is 0.469. The van der Waals surface area contributed by atoms with Gasteiger partial charge in [0.1, 0.15) is 0 Å². The van der Waals surface area contributed by atoms with Crippen molar-refractivity contribution in [1.29, 1.82) is 0 Å². The highest BCUT2D eigenvalue weighted by atomic mass is 35.5. The van der Waals surface area contributed by atoms with E-state index in [4.69, 9.17) is 23.2 Å². The van der Waals surface area contributed by atoms with Crippen LogP contribution in [0.5, 0.6) is 0 Å². The van der Waals surface area contributed by atoms with Gasteiger partial charge in [-0.1, -0.05) is 82.2 Å². The van der Waals surface area contributed by atoms with Crippen molar-refractivity contribution in [2.75, 3.05) is 5.75 Å². The van der Waals surface area contributed by atoms with Crippen molar-refractivity contribution in [3.05, 3.63) is 65.2 Å². The second-order valence-electron chi connectivity index (χ2n) is 3.09. The molecule has 0 saturated carbocycles. The quantitative estimate of drug-likeness (QED) is 0.477. The van der Waals surface area contributed by atoms with E-state index in [1.807, 2.05) is 18.2 Å². The van der Waals surface area contributed by atoms with Gasteiger partial charge < -0.3 is 0 Å². The van der Waals surface area contributed by atoms with E-state index in [2.05, 4.69) is 25.3 Å². The van der Waals surface area contributed by atoms with Crippen molar-refractivity contribution in [3.63, 3.8) is 0 Å². The van der Waals surface area contributed by atoms with E-state index in [1.165, 1.54) is 4.90 Å². The molecule has 0 aliphatic heterocycles. The van der Waals surface area contributed by atoms with Gasteiger partial charge in [-0.15, -0.1) is 0 Å². The molecule has 1 rings (SSSR count). The van der Waals surface area contributed by atoms with Crippen molar-refractivity contribution in [2.45, 2.75) is 4.90 Å². The van der Waals surface area contributed by atoms with Gasteiger partial charge in [0.25, 0.3) is 0 Å². The highest BCUT2D eigenvalue weighted by Gasteiger charge is 2.06. The van der Waals surface area contributed by atoms with E-state index in [9.17, 15) is 0 Å². The van der Waals surface area contributed by atoms with Gasteiger partial charge in [-0.05, 0) is 17.7 Å². The fraction of sp³-hybridized carbons (Fsp3) is 0.0769. The monoisotopic (exact) mass is 302 g/mol. The Morgan fingerprint density at radius 2 is 1.88 bits per heavy atom. The third-order valence-electron chi connectivity index (χ3n) is 1.90. The van der Waals surface area contributed by atoms with E-state index >= 15 is 0 Å². The number of hydrogen-bond acceptors (Lipinski definition) is 2. The van der Waals surface area contributed by atoms with E-state index in [0.717, 1.165) is 5.57 Å². The Bertz CT molecular complexity index is 424. The molecule has 17 heavy (non-hydrogen) atoms. The van der Waals surface area contributed by atoms with E-state index in [-0.39, 0.29) is 0 Å². The molecule has 0 aromatic heterocycles. The van der Waals surface area contributed by atoms with Gasteiger partial charge in [0, 0.05) is 20.7 Å². The first-order valence-electron chi connectivity index (χ1n) is 4.85. The van der Waals surface area contributed by atoms with Crippen molar-refractivity contribution < 1.29 is 0 Å². The molecule has 0 N–H and O–H groups in total. The summed E-state index contributed by atoms with van der Waals surface area (Å²) in [7, 11) is 3.35. The normalized spacial score (nSPS) is 11.9. The van der Waals surface area contributed by atoms with E-state index in [1.54, 1.807) is 27.7 Å². The summed E-state index contributed by atoms with van der Waals surface area (Å²) in [5.41, 5.74) is 0.830. The summed E-state index contributed by atoms with van der Waals surface area (Å²) in [5.74, 6) is 0.701. The molecule has 90 valence electrons. The molecule has 0 nitrogen and oxygen atoms in total. The first-order chi connectivity index (χ1) is 8.15. The van der Waals surface area contributed by atoms with Crippen LogP contribution in [0.1, 0.15) is 0 Å². The standard InChI is InChI=1S/C13H12Cl2S2/c1-3-13(15)12(10(2)14)9-16-17-11-7-5-4-6-8-11/h3-8H,1-2,9H2/b13-12+. The Labute approximate surface area is 120 Å². The fourth-order valence-corrected chi connectivity index (χ4v) is 3.77. The summed E-state index contributed by atoms with van der Waals surface area (Å²) in [6, 6.07) is 10.1. The second kappa shape index (κ2) is 7.93. The molecule has 0 radical (unpaired) electrons. The maximum atomic E-state index is 6.00. The molecule has 0 bridgehead atoms. The van der Waals surface area contributed by atoms with Gasteiger partial charge in [0.05, 0.1) is 0 Å². The van der Waals surface area contributed by atoms with Crippen molar-refractivity contribution >= 4 is 44.8 Å². The Balaban J connectivity index is 2.55. The average molecular weight is 303 g/mol. The molecule has 0 saturated heterocycles. The lowest BCUT2D eigenvalue weighted by Gasteiger charge is -2.06. The zero-order chi connectivity index (χ0) is 12.7. The highest BCUT2D eigenvalue weighted by Crippen LogP contribution is 2.35. The van der Waals surface area contributed by atoms with Gasteiger partial charge >= 0.3 is 0 Å². The summed E-state index contributed by atoms with van der Waals surface area (Å²) in [6.45, 7) is 7.33. The zero-order valence-corrected chi connectivity index (χ0v) is 12.3. The van der Waals surface area contributed by atoms with Gasteiger partial charge in [0.15, 0.2) is 0 Å². The predicted molar refractivity (Wildman–Crippen MR) is 82.8 cm³/mol. The second-order valence-corrected chi connectivity index (χ2v) is 6.33. The highest BCUT2D eigenvalue weighted by molar-refractivity contribution is 8.76. The molecule has 0 fully saturated rings. The van der Waals surface area contributed by atoms with Crippen LogP contribution in [0.2, 0.25) is 0 Å². The minimum atomic E-state index is 0.469. The number of rotatable bonds is 6. The summed E-state index contributed by atoms with van der Waals surface area (Å²) in [4.78, 5) is 1.20. The Morgan fingerprint density at radius 3 is 2.41 bits per heavy atom. The molecule has 1 aromatic rings. The number of halogens is 2. The average Bonchev–Trinajstić information content (AvgIpc) is 2.34. The predicted octanol–water partition coefficient (Wildman–Crippen LogP) is 5.86. The van der Waals surface area contributed by atoms with Crippen LogP contribution in [0.3, 0.4) is 0 Å². The van der Waals surface area contributed by atoms with E-state index < -0.39 is 0 Å². The maximum Gasteiger partial charge on any atom is 0.0455 e. The van der Waals surface area contributed by atoms with Crippen LogP contribution in [0.4, 0.5) is 0 Å². The summed E-state index contributed by atoms with van der Waals surface area (Å²) in [6.07, 6.45) is 1.58. The molecule has 0 atom stereocenters. The molecule has 0 heterocycles. The Morgan fingerprint density at radius 1 is 1.24 bits per heavy atom. The summed E-state index contributed by atoms with van der Waals surface area (Å²) >= 11 is 11.9.